The van der Waals surface area contributed by atoms with Gasteiger partial charge in [0.1, 0.15) is 11.3 Å². The van der Waals surface area contributed by atoms with Crippen LogP contribution in [-0.4, -0.2) is 28.4 Å². The highest BCUT2D eigenvalue weighted by atomic mass is 79.9. The lowest BCUT2D eigenvalue weighted by Crippen LogP contribution is -2.21. The van der Waals surface area contributed by atoms with Gasteiger partial charge in [0.2, 0.25) is 5.82 Å². The van der Waals surface area contributed by atoms with Crippen molar-refractivity contribution in [3.8, 4) is 17.3 Å². The molecule has 0 spiro atoms. The van der Waals surface area contributed by atoms with Gasteiger partial charge < -0.3 is 14.5 Å². The standard InChI is InChI=1S/C32H21Br2ClN4O4/c1-18-6-9-23(10-7-18)37-29(40)17-42-30-20(13-22(35)15-25(30)34)16-36-39-31(38-26-5-3-2-4-24(26)32(39)41)28-14-19-12-21(33)8-11-27(19)43-28/h2-16H,17H2,1H3,(H,37,40). The molecule has 0 atom stereocenters. The molecule has 0 saturated carbocycles. The van der Waals surface area contributed by atoms with Crippen molar-refractivity contribution in [2.45, 2.75) is 6.92 Å². The average Bonchev–Trinajstić information content (AvgIpc) is 3.40. The number of furan rings is 1. The second kappa shape index (κ2) is 12.2. The molecule has 2 heterocycles. The number of aryl methyl sites for hydroxylation is 1. The minimum absolute atomic E-state index is 0.216. The number of nitrogens with one attached hydrogen (secondary N) is 1. The molecule has 0 unspecified atom stereocenters. The van der Waals surface area contributed by atoms with Crippen LogP contribution in [0.3, 0.4) is 0 Å². The number of halogens is 3. The number of hydrogen-bond acceptors (Lipinski definition) is 6. The highest BCUT2D eigenvalue weighted by Gasteiger charge is 2.18. The molecule has 1 N–H and O–H groups in total. The van der Waals surface area contributed by atoms with Gasteiger partial charge in [-0.25, -0.2) is 4.98 Å². The van der Waals surface area contributed by atoms with Crippen LogP contribution in [0.2, 0.25) is 5.02 Å². The second-order valence-electron chi connectivity index (χ2n) is 9.62. The Morgan fingerprint density at radius 2 is 1.86 bits per heavy atom. The van der Waals surface area contributed by atoms with E-state index in [9.17, 15) is 9.59 Å². The Morgan fingerprint density at radius 1 is 1.07 bits per heavy atom. The molecule has 214 valence electrons. The molecule has 8 nitrogen and oxygen atoms in total. The molecule has 0 aliphatic rings. The van der Waals surface area contributed by atoms with E-state index in [1.54, 1.807) is 36.4 Å². The van der Waals surface area contributed by atoms with E-state index in [1.807, 2.05) is 55.5 Å². The number of anilines is 1. The zero-order valence-corrected chi connectivity index (χ0v) is 26.4. The first-order chi connectivity index (χ1) is 20.7. The van der Waals surface area contributed by atoms with Crippen molar-refractivity contribution in [2.75, 3.05) is 11.9 Å². The molecule has 11 heteroatoms. The lowest BCUT2D eigenvalue weighted by Gasteiger charge is -2.13. The van der Waals surface area contributed by atoms with Crippen LogP contribution < -0.4 is 15.6 Å². The Bertz CT molecular complexity index is 2110. The predicted molar refractivity (Wildman–Crippen MR) is 176 cm³/mol. The van der Waals surface area contributed by atoms with Crippen molar-refractivity contribution in [3.05, 3.63) is 120 Å². The fourth-order valence-electron chi connectivity index (χ4n) is 4.43. The van der Waals surface area contributed by atoms with Crippen LogP contribution in [0.15, 0.2) is 108 Å². The number of para-hydroxylation sites is 1. The molecule has 4 aromatic carbocycles. The molecular formula is C32H21Br2ClN4O4. The number of carbonyl (C=O) groups excluding carboxylic acids is 1. The van der Waals surface area contributed by atoms with Gasteiger partial charge in [0.15, 0.2) is 12.4 Å². The summed E-state index contributed by atoms with van der Waals surface area (Å²) in [5, 5.41) is 8.95. The van der Waals surface area contributed by atoms with Crippen molar-refractivity contribution in [1.29, 1.82) is 0 Å². The normalized spacial score (nSPS) is 11.4. The summed E-state index contributed by atoms with van der Waals surface area (Å²) in [7, 11) is 0. The third kappa shape index (κ3) is 6.27. The molecule has 0 aliphatic carbocycles. The van der Waals surface area contributed by atoms with Gasteiger partial charge in [-0.05, 0) is 83.5 Å². The topological polar surface area (TPSA) is 98.7 Å². The zero-order valence-electron chi connectivity index (χ0n) is 22.5. The summed E-state index contributed by atoms with van der Waals surface area (Å²) in [4.78, 5) is 31.0. The lowest BCUT2D eigenvalue weighted by atomic mass is 10.2. The minimum atomic E-state index is -0.389. The summed E-state index contributed by atoms with van der Waals surface area (Å²) < 4.78 is 14.6. The van der Waals surface area contributed by atoms with E-state index in [4.69, 9.17) is 25.7 Å². The summed E-state index contributed by atoms with van der Waals surface area (Å²) in [5.41, 5.74) is 2.92. The highest BCUT2D eigenvalue weighted by Crippen LogP contribution is 2.33. The van der Waals surface area contributed by atoms with Gasteiger partial charge in [-0.3, -0.25) is 9.59 Å². The van der Waals surface area contributed by atoms with Crippen molar-refractivity contribution in [1.82, 2.24) is 9.66 Å². The van der Waals surface area contributed by atoms with Gasteiger partial charge >= 0.3 is 0 Å². The Hall–Kier alpha value is -4.25. The first-order valence-corrected chi connectivity index (χ1v) is 15.0. The number of carbonyl (C=O) groups is 1. The molecule has 0 saturated heterocycles. The minimum Gasteiger partial charge on any atom is -0.482 e. The number of hydrogen-bond donors (Lipinski definition) is 1. The number of amides is 1. The molecule has 0 bridgehead atoms. The average molecular weight is 721 g/mol. The number of rotatable bonds is 7. The van der Waals surface area contributed by atoms with Crippen LogP contribution in [0.25, 0.3) is 33.5 Å². The first-order valence-electron chi connectivity index (χ1n) is 13.0. The number of aromatic nitrogens is 2. The van der Waals surface area contributed by atoms with Gasteiger partial charge in [-0.1, -0.05) is 57.4 Å². The second-order valence-corrected chi connectivity index (χ2v) is 11.8. The maximum atomic E-state index is 13.7. The summed E-state index contributed by atoms with van der Waals surface area (Å²) in [6.07, 6.45) is 1.43. The number of benzene rings is 4. The first kappa shape index (κ1) is 28.9. The molecule has 0 radical (unpaired) electrons. The number of ether oxygens (including phenoxy) is 1. The van der Waals surface area contributed by atoms with Crippen LogP contribution in [0.1, 0.15) is 11.1 Å². The Labute approximate surface area is 267 Å². The monoisotopic (exact) mass is 718 g/mol. The Kier molecular flexibility index (Phi) is 8.16. The van der Waals surface area contributed by atoms with E-state index in [0.29, 0.717) is 48.7 Å². The highest BCUT2D eigenvalue weighted by molar-refractivity contribution is 9.10. The third-order valence-electron chi connectivity index (χ3n) is 6.48. The molecule has 6 rings (SSSR count). The smallest absolute Gasteiger partial charge is 0.282 e. The quantitative estimate of drug-likeness (QED) is 0.168. The van der Waals surface area contributed by atoms with Gasteiger partial charge in [-0.2, -0.15) is 9.78 Å². The van der Waals surface area contributed by atoms with Crippen molar-refractivity contribution < 1.29 is 13.9 Å². The van der Waals surface area contributed by atoms with Gasteiger partial charge in [0.25, 0.3) is 11.5 Å². The molecule has 43 heavy (non-hydrogen) atoms. The van der Waals surface area contributed by atoms with Gasteiger partial charge in [-0.15, -0.1) is 0 Å². The maximum absolute atomic E-state index is 13.7. The predicted octanol–water partition coefficient (Wildman–Crippen LogP) is 8.20. The van der Waals surface area contributed by atoms with Crippen LogP contribution >= 0.6 is 43.5 Å². The molecule has 0 aliphatic heterocycles. The van der Waals surface area contributed by atoms with E-state index < -0.39 is 0 Å². The van der Waals surface area contributed by atoms with Crippen LogP contribution in [0.4, 0.5) is 5.69 Å². The third-order valence-corrected chi connectivity index (χ3v) is 7.79. The maximum Gasteiger partial charge on any atom is 0.282 e. The Balaban J connectivity index is 1.38. The van der Waals surface area contributed by atoms with Crippen LogP contribution in [0, 0.1) is 6.92 Å². The largest absolute Gasteiger partial charge is 0.482 e. The Morgan fingerprint density at radius 3 is 2.67 bits per heavy atom. The van der Waals surface area contributed by atoms with E-state index >= 15 is 0 Å². The molecule has 6 aromatic rings. The van der Waals surface area contributed by atoms with E-state index in [2.05, 4.69) is 42.3 Å². The molecule has 0 fully saturated rings. The summed E-state index contributed by atoms with van der Waals surface area (Å²) in [6, 6.07) is 25.2. The van der Waals surface area contributed by atoms with Crippen molar-refractivity contribution >= 4 is 83.1 Å². The van der Waals surface area contributed by atoms with Crippen molar-refractivity contribution in [3.63, 3.8) is 0 Å². The van der Waals surface area contributed by atoms with Crippen LogP contribution in [0.5, 0.6) is 5.75 Å². The lowest BCUT2D eigenvalue weighted by molar-refractivity contribution is -0.118. The van der Waals surface area contributed by atoms with E-state index in [0.717, 1.165) is 15.4 Å². The fraction of sp³-hybridized carbons (Fsp3) is 0.0625. The molecule has 1 amide bonds. The summed E-state index contributed by atoms with van der Waals surface area (Å²) in [6.45, 7) is 1.70. The fourth-order valence-corrected chi connectivity index (χ4v) is 5.76. The van der Waals surface area contributed by atoms with Gasteiger partial charge in [0, 0.05) is 26.1 Å². The van der Waals surface area contributed by atoms with Crippen molar-refractivity contribution in [2.24, 2.45) is 5.10 Å². The molecule has 2 aromatic heterocycles. The van der Waals surface area contributed by atoms with Crippen LogP contribution in [-0.2, 0) is 4.79 Å². The van der Waals surface area contributed by atoms with Gasteiger partial charge in [0.05, 0.1) is 21.6 Å². The SMILES string of the molecule is Cc1ccc(NC(=O)COc2c(Br)cc(Cl)cc2C=Nn2c(-c3cc4cc(Br)ccc4o3)nc3ccccc3c2=O)cc1. The number of nitrogens with zero attached hydrogens (tertiary/aromatic N) is 3. The van der Waals surface area contributed by atoms with E-state index in [1.165, 1.54) is 10.9 Å². The van der Waals surface area contributed by atoms with E-state index in [-0.39, 0.29) is 23.9 Å². The number of fused-ring (bicyclic) bond motifs is 2. The zero-order chi connectivity index (χ0) is 30.1. The summed E-state index contributed by atoms with van der Waals surface area (Å²) in [5.74, 6) is 0.560. The summed E-state index contributed by atoms with van der Waals surface area (Å²) >= 11 is 13.3. The molecular weight excluding hydrogens is 700 g/mol.